The van der Waals surface area contributed by atoms with E-state index in [-0.39, 0.29) is 17.4 Å². The Morgan fingerprint density at radius 3 is 2.08 bits per heavy atom. The molecular formula is C28H40N6O4. The number of carbonyl (C=O) groups excluding carboxylic acids is 4. The highest BCUT2D eigenvalue weighted by Crippen LogP contribution is 2.15. The van der Waals surface area contributed by atoms with E-state index in [1.54, 1.807) is 52.1 Å². The summed E-state index contributed by atoms with van der Waals surface area (Å²) in [4.78, 5) is 60.2. The number of aromatic nitrogens is 2. The summed E-state index contributed by atoms with van der Waals surface area (Å²) in [5.74, 6) is -1.70. The molecule has 4 N–H and O–H groups in total. The maximum atomic E-state index is 13.2. The molecule has 0 saturated heterocycles. The topological polar surface area (TPSA) is 142 Å². The average molecular weight is 525 g/mol. The van der Waals surface area contributed by atoms with Gasteiger partial charge in [0.05, 0.1) is 17.0 Å². The van der Waals surface area contributed by atoms with Gasteiger partial charge in [0.2, 0.25) is 17.7 Å². The molecule has 0 aliphatic carbocycles. The minimum atomic E-state index is -1.33. The van der Waals surface area contributed by atoms with Crippen LogP contribution >= 0.6 is 0 Å². The number of pyridine rings is 2. The highest BCUT2D eigenvalue weighted by Gasteiger charge is 2.36. The van der Waals surface area contributed by atoms with Crippen molar-refractivity contribution in [3.63, 3.8) is 0 Å². The number of rotatable bonds is 12. The standard InChI is InChI=1S/C28H40N6O4/c1-8-14-30-25(37)27(4,5)34-24(36)22(16-18(2)3)32-26(38)28(6,7)33-23(35)19-12-13-21(31-17-19)20-11-9-10-15-29-20/h9-13,15,17-18,22H,8,14,16H2,1-7H3,(H,30,37)(H,32,38)(H,33,35)(H,34,36)/t22-/m0/s1. The molecule has 0 saturated carbocycles. The van der Waals surface area contributed by atoms with Crippen molar-refractivity contribution >= 4 is 23.6 Å². The van der Waals surface area contributed by atoms with Crippen LogP contribution in [0.1, 0.15) is 71.7 Å². The second-order valence-corrected chi connectivity index (χ2v) is 10.8. The summed E-state index contributed by atoms with van der Waals surface area (Å²) in [6.07, 6.45) is 4.21. The van der Waals surface area contributed by atoms with Crippen LogP contribution in [0.25, 0.3) is 11.4 Å². The molecule has 2 heterocycles. The quantitative estimate of drug-likeness (QED) is 0.336. The molecule has 10 nitrogen and oxygen atoms in total. The Morgan fingerprint density at radius 1 is 0.868 bits per heavy atom. The lowest BCUT2D eigenvalue weighted by Crippen LogP contribution is -2.62. The van der Waals surface area contributed by atoms with Gasteiger partial charge in [-0.2, -0.15) is 0 Å². The van der Waals surface area contributed by atoms with Crippen molar-refractivity contribution in [3.8, 4) is 11.4 Å². The molecule has 0 spiro atoms. The zero-order valence-corrected chi connectivity index (χ0v) is 23.3. The molecule has 2 aromatic rings. The first kappa shape index (κ1) is 30.4. The van der Waals surface area contributed by atoms with Crippen molar-refractivity contribution in [2.24, 2.45) is 5.92 Å². The lowest BCUT2D eigenvalue weighted by molar-refractivity contribution is -0.135. The summed E-state index contributed by atoms with van der Waals surface area (Å²) in [5, 5.41) is 11.0. The molecule has 0 aliphatic heterocycles. The summed E-state index contributed by atoms with van der Waals surface area (Å²) in [6, 6.07) is 7.88. The zero-order chi connectivity index (χ0) is 28.5. The second-order valence-electron chi connectivity index (χ2n) is 10.8. The number of nitrogens with zero attached hydrogens (tertiary/aromatic N) is 2. The van der Waals surface area contributed by atoms with Crippen LogP contribution in [0.15, 0.2) is 42.7 Å². The maximum absolute atomic E-state index is 13.2. The van der Waals surface area contributed by atoms with Crippen LogP contribution in [0, 0.1) is 5.92 Å². The van der Waals surface area contributed by atoms with E-state index in [1.165, 1.54) is 6.20 Å². The van der Waals surface area contributed by atoms with Crippen molar-refractivity contribution in [1.29, 1.82) is 0 Å². The molecule has 4 amide bonds. The van der Waals surface area contributed by atoms with Crippen molar-refractivity contribution in [2.75, 3.05) is 6.54 Å². The molecule has 10 heteroatoms. The van der Waals surface area contributed by atoms with Crippen molar-refractivity contribution in [2.45, 2.75) is 78.4 Å². The van der Waals surface area contributed by atoms with Gasteiger partial charge in [0.1, 0.15) is 17.1 Å². The molecule has 0 radical (unpaired) electrons. The second kappa shape index (κ2) is 13.1. The maximum Gasteiger partial charge on any atom is 0.253 e. The van der Waals surface area contributed by atoms with E-state index in [1.807, 2.05) is 32.9 Å². The highest BCUT2D eigenvalue weighted by molar-refractivity contribution is 6.00. The number of nitrogens with one attached hydrogen (secondary N) is 4. The Kier molecular flexibility index (Phi) is 10.5. The lowest BCUT2D eigenvalue weighted by atomic mass is 9.97. The van der Waals surface area contributed by atoms with Crippen molar-refractivity contribution in [1.82, 2.24) is 31.2 Å². The van der Waals surface area contributed by atoms with Crippen LogP contribution < -0.4 is 21.3 Å². The van der Waals surface area contributed by atoms with Crippen LogP contribution in [0.3, 0.4) is 0 Å². The van der Waals surface area contributed by atoms with Gasteiger partial charge in [0.15, 0.2) is 0 Å². The number of hydrogen-bond donors (Lipinski definition) is 4. The summed E-state index contributed by atoms with van der Waals surface area (Å²) < 4.78 is 0. The molecule has 206 valence electrons. The first-order valence-corrected chi connectivity index (χ1v) is 12.9. The minimum absolute atomic E-state index is 0.0875. The van der Waals surface area contributed by atoms with E-state index < -0.39 is 34.8 Å². The smallest absolute Gasteiger partial charge is 0.253 e. The minimum Gasteiger partial charge on any atom is -0.354 e. The molecule has 0 aromatic carbocycles. The molecule has 0 aliphatic rings. The molecule has 38 heavy (non-hydrogen) atoms. The van der Waals surface area contributed by atoms with Crippen molar-refractivity contribution < 1.29 is 19.2 Å². The molecule has 2 aromatic heterocycles. The molecule has 0 bridgehead atoms. The van der Waals surface area contributed by atoms with Gasteiger partial charge in [0.25, 0.3) is 5.91 Å². The molecule has 2 rings (SSSR count). The predicted molar refractivity (Wildman–Crippen MR) is 146 cm³/mol. The predicted octanol–water partition coefficient (Wildman–Crippen LogP) is 2.60. The molecule has 1 atom stereocenters. The molecule has 0 fully saturated rings. The van der Waals surface area contributed by atoms with E-state index in [0.29, 0.717) is 24.4 Å². The highest BCUT2D eigenvalue weighted by atomic mass is 16.2. The van der Waals surface area contributed by atoms with Crippen LogP contribution in [-0.4, -0.2) is 57.3 Å². The summed E-state index contributed by atoms with van der Waals surface area (Å²) in [6.45, 7) is 12.6. The van der Waals surface area contributed by atoms with Crippen molar-refractivity contribution in [3.05, 3.63) is 48.3 Å². The Bertz CT molecular complexity index is 1110. The first-order chi connectivity index (χ1) is 17.8. The van der Waals surface area contributed by atoms with Gasteiger partial charge < -0.3 is 21.3 Å². The Hall–Kier alpha value is -3.82. The first-order valence-electron chi connectivity index (χ1n) is 12.9. The third kappa shape index (κ3) is 8.64. The normalized spacial score (nSPS) is 12.4. The van der Waals surface area contributed by atoms with Gasteiger partial charge >= 0.3 is 0 Å². The Labute approximate surface area is 224 Å². The average Bonchev–Trinajstić information content (AvgIpc) is 2.86. The van der Waals surface area contributed by atoms with Gasteiger partial charge in [-0.25, -0.2) is 0 Å². The van der Waals surface area contributed by atoms with Crippen LogP contribution in [0.4, 0.5) is 0 Å². The summed E-state index contributed by atoms with van der Waals surface area (Å²) >= 11 is 0. The van der Waals surface area contributed by atoms with Crippen LogP contribution in [0.2, 0.25) is 0 Å². The van der Waals surface area contributed by atoms with Gasteiger partial charge in [-0.3, -0.25) is 29.1 Å². The SMILES string of the molecule is CCCNC(=O)C(C)(C)NC(=O)[C@H](CC(C)C)NC(=O)C(C)(C)NC(=O)c1ccc(-c2ccccn2)nc1. The van der Waals surface area contributed by atoms with Crippen LogP contribution in [-0.2, 0) is 14.4 Å². The molecular weight excluding hydrogens is 484 g/mol. The summed E-state index contributed by atoms with van der Waals surface area (Å²) in [7, 11) is 0. The monoisotopic (exact) mass is 524 g/mol. The fourth-order valence-electron chi connectivity index (χ4n) is 3.56. The largest absolute Gasteiger partial charge is 0.354 e. The van der Waals surface area contributed by atoms with Gasteiger partial charge in [0, 0.05) is 18.9 Å². The zero-order valence-electron chi connectivity index (χ0n) is 23.3. The van der Waals surface area contributed by atoms with Crippen LogP contribution in [0.5, 0.6) is 0 Å². The fraction of sp³-hybridized carbons (Fsp3) is 0.500. The van der Waals surface area contributed by atoms with Gasteiger partial charge in [-0.15, -0.1) is 0 Å². The van der Waals surface area contributed by atoms with E-state index in [9.17, 15) is 19.2 Å². The number of hydrogen-bond acceptors (Lipinski definition) is 6. The van der Waals surface area contributed by atoms with E-state index in [0.717, 1.165) is 6.42 Å². The van der Waals surface area contributed by atoms with E-state index in [4.69, 9.17) is 0 Å². The Morgan fingerprint density at radius 2 is 1.53 bits per heavy atom. The third-order valence-electron chi connectivity index (χ3n) is 5.81. The Balaban J connectivity index is 2.08. The number of amides is 4. The van der Waals surface area contributed by atoms with Gasteiger partial charge in [-0.1, -0.05) is 26.8 Å². The van der Waals surface area contributed by atoms with E-state index >= 15 is 0 Å². The number of carbonyl (C=O) groups is 4. The lowest BCUT2D eigenvalue weighted by Gasteiger charge is -2.31. The van der Waals surface area contributed by atoms with E-state index in [2.05, 4.69) is 31.2 Å². The fourth-order valence-corrected chi connectivity index (χ4v) is 3.56. The third-order valence-corrected chi connectivity index (χ3v) is 5.81. The van der Waals surface area contributed by atoms with Gasteiger partial charge in [-0.05, 0) is 70.7 Å². The summed E-state index contributed by atoms with van der Waals surface area (Å²) in [5.41, 5.74) is -0.917. The molecule has 0 unspecified atom stereocenters.